The summed E-state index contributed by atoms with van der Waals surface area (Å²) in [5.74, 6) is -4.64. The zero-order valence-corrected chi connectivity index (χ0v) is 26.7. The summed E-state index contributed by atoms with van der Waals surface area (Å²) >= 11 is 0. The van der Waals surface area contributed by atoms with Crippen LogP contribution in [0.4, 0.5) is 5.69 Å². The molecule has 6 N–H and O–H groups in total. The summed E-state index contributed by atoms with van der Waals surface area (Å²) in [6.45, 7) is 4.39. The highest BCUT2D eigenvalue weighted by Gasteiger charge is 2.32. The summed E-state index contributed by atoms with van der Waals surface area (Å²) < 4.78 is 37.5. The number of ether oxygens (including phenoxy) is 1. The van der Waals surface area contributed by atoms with Gasteiger partial charge in [0.1, 0.15) is 12.8 Å². The van der Waals surface area contributed by atoms with E-state index < -0.39 is 82.2 Å². The molecule has 0 aromatic heterocycles. The fraction of sp³-hybridized carbons (Fsp3) is 0.517. The Labute approximate surface area is 267 Å². The summed E-state index contributed by atoms with van der Waals surface area (Å²) in [4.78, 5) is 73.0. The van der Waals surface area contributed by atoms with Gasteiger partial charge in [-0.3, -0.25) is 43.5 Å². The third kappa shape index (κ3) is 13.8. The van der Waals surface area contributed by atoms with Crippen molar-refractivity contribution in [2.75, 3.05) is 24.2 Å². The zero-order valence-electron chi connectivity index (χ0n) is 25.9. The van der Waals surface area contributed by atoms with Gasteiger partial charge in [0.25, 0.3) is 21.9 Å². The number of benzene rings is 1. The molecule has 0 saturated carbocycles. The Kier molecular flexibility index (Phi) is 14.9. The van der Waals surface area contributed by atoms with Crippen LogP contribution >= 0.6 is 0 Å². The summed E-state index contributed by atoms with van der Waals surface area (Å²) in [5, 5.41) is 20.7. The number of nitrogens with one attached hydrogen (secondary N) is 4. The van der Waals surface area contributed by atoms with E-state index in [0.717, 1.165) is 4.90 Å². The van der Waals surface area contributed by atoms with Crippen molar-refractivity contribution >= 4 is 51.3 Å². The van der Waals surface area contributed by atoms with Gasteiger partial charge in [-0.1, -0.05) is 32.4 Å². The van der Waals surface area contributed by atoms with Gasteiger partial charge in [-0.2, -0.15) is 8.42 Å². The lowest BCUT2D eigenvalue weighted by molar-refractivity contribution is -0.142. The number of anilines is 1. The van der Waals surface area contributed by atoms with Crippen molar-refractivity contribution in [2.45, 2.75) is 71.4 Å². The second kappa shape index (κ2) is 18.1. The molecular formula is C29H41N5O11S. The molecule has 17 heteroatoms. The Hall–Kier alpha value is -4.19. The van der Waals surface area contributed by atoms with Crippen molar-refractivity contribution in [3.63, 3.8) is 0 Å². The highest BCUT2D eigenvalue weighted by molar-refractivity contribution is 7.85. The molecule has 0 aliphatic carbocycles. The number of carbonyl (C=O) groups excluding carboxylic acids is 6. The first-order valence-electron chi connectivity index (χ1n) is 14.6. The van der Waals surface area contributed by atoms with E-state index in [1.807, 2.05) is 0 Å². The first-order chi connectivity index (χ1) is 21.6. The molecule has 3 atom stereocenters. The van der Waals surface area contributed by atoms with Gasteiger partial charge in [-0.15, -0.1) is 0 Å². The second-order valence-electron chi connectivity index (χ2n) is 11.0. The number of nitrogens with zero attached hydrogens (tertiary/aromatic N) is 1. The summed E-state index contributed by atoms with van der Waals surface area (Å²) in [6, 6.07) is 3.82. The first-order valence-corrected chi connectivity index (χ1v) is 16.2. The van der Waals surface area contributed by atoms with Crippen molar-refractivity contribution in [3.05, 3.63) is 42.0 Å². The maximum absolute atomic E-state index is 12.9. The maximum atomic E-state index is 12.9. The number of aliphatic hydroxyl groups is 1. The molecule has 1 aliphatic rings. The Morgan fingerprint density at radius 3 is 2.15 bits per heavy atom. The van der Waals surface area contributed by atoms with Crippen LogP contribution in [-0.4, -0.2) is 95.6 Å². The Morgan fingerprint density at radius 2 is 1.59 bits per heavy atom. The van der Waals surface area contributed by atoms with E-state index in [4.69, 9.17) is 4.74 Å². The summed E-state index contributed by atoms with van der Waals surface area (Å²) in [5.41, 5.74) is 1.13. The van der Waals surface area contributed by atoms with E-state index in [2.05, 4.69) is 21.3 Å². The van der Waals surface area contributed by atoms with Crippen molar-refractivity contribution in [1.82, 2.24) is 20.9 Å². The van der Waals surface area contributed by atoms with E-state index in [9.17, 15) is 46.8 Å². The molecule has 0 bridgehead atoms. The van der Waals surface area contributed by atoms with E-state index in [0.29, 0.717) is 30.5 Å². The minimum absolute atomic E-state index is 0.0764. The molecule has 254 valence electrons. The molecule has 2 rings (SSSR count). The van der Waals surface area contributed by atoms with Gasteiger partial charge in [-0.25, -0.2) is 0 Å². The quantitative estimate of drug-likeness (QED) is 0.0363. The predicted molar refractivity (Wildman–Crippen MR) is 164 cm³/mol. The van der Waals surface area contributed by atoms with E-state index in [-0.39, 0.29) is 19.6 Å². The number of aliphatic hydroxyl groups excluding tert-OH is 1. The third-order valence-corrected chi connectivity index (χ3v) is 7.49. The minimum atomic E-state index is -4.67. The standard InChI is InChI=1S/C29H41N5O11S/c1-18(2)27(29(41)30-15-24(37)31-21-10-8-20(9-11-21)16-45-19(3)35)33-28(40)22(17-46(42,43)44)32-23(36)7-5-4-6-14-34-25(38)12-13-26(34)39/h8-13,18,22,27-28,33,40H,4-7,14-17H2,1-3H3,(H,30,41)(H,31,37)(H,32,36)(H,42,43,44)/t22-,27?,28?/m0/s1. The monoisotopic (exact) mass is 667 g/mol. The number of unbranched alkanes of at least 4 members (excludes halogenated alkanes) is 2. The number of carbonyl (C=O) groups is 6. The van der Waals surface area contributed by atoms with Gasteiger partial charge in [0.15, 0.2) is 0 Å². The van der Waals surface area contributed by atoms with Gasteiger partial charge in [0.05, 0.1) is 24.4 Å². The first kappa shape index (κ1) is 38.0. The molecule has 0 saturated heterocycles. The number of esters is 1. The molecule has 5 amide bonds. The molecular weight excluding hydrogens is 626 g/mol. The Bertz CT molecular complexity index is 1380. The van der Waals surface area contributed by atoms with Crippen LogP contribution in [0.5, 0.6) is 0 Å². The van der Waals surface area contributed by atoms with Crippen LogP contribution < -0.4 is 21.3 Å². The number of imide groups is 1. The average Bonchev–Trinajstić information content (AvgIpc) is 3.29. The van der Waals surface area contributed by atoms with Crippen LogP contribution in [0.25, 0.3) is 0 Å². The van der Waals surface area contributed by atoms with Crippen LogP contribution in [0.1, 0.15) is 52.0 Å². The molecule has 1 aromatic rings. The lowest BCUT2D eigenvalue weighted by atomic mass is 10.0. The van der Waals surface area contributed by atoms with Crippen LogP contribution in [0.3, 0.4) is 0 Å². The van der Waals surface area contributed by atoms with Gasteiger partial charge in [0, 0.05) is 37.7 Å². The lowest BCUT2D eigenvalue weighted by Gasteiger charge is -2.29. The van der Waals surface area contributed by atoms with Crippen molar-refractivity contribution in [1.29, 1.82) is 0 Å². The van der Waals surface area contributed by atoms with E-state index in [1.165, 1.54) is 19.1 Å². The van der Waals surface area contributed by atoms with Crippen molar-refractivity contribution < 1.29 is 51.6 Å². The largest absolute Gasteiger partial charge is 0.461 e. The fourth-order valence-electron chi connectivity index (χ4n) is 4.32. The molecule has 0 fully saturated rings. The molecule has 1 aliphatic heterocycles. The van der Waals surface area contributed by atoms with Gasteiger partial charge >= 0.3 is 5.97 Å². The SMILES string of the molecule is CC(=O)OCc1ccc(NC(=O)CNC(=O)C(NC(O)[C@H](CS(=O)(=O)O)NC(=O)CCCCCN2C(=O)C=CC2=O)C(C)C)cc1. The molecule has 0 spiro atoms. The molecule has 2 unspecified atom stereocenters. The van der Waals surface area contributed by atoms with Crippen LogP contribution in [-0.2, 0) is 50.2 Å². The van der Waals surface area contributed by atoms with Crippen molar-refractivity contribution in [2.24, 2.45) is 5.92 Å². The average molecular weight is 668 g/mol. The van der Waals surface area contributed by atoms with Gasteiger partial charge in [-0.05, 0) is 36.5 Å². The number of rotatable bonds is 19. The Morgan fingerprint density at radius 1 is 0.957 bits per heavy atom. The molecule has 0 radical (unpaired) electrons. The molecule has 1 aromatic carbocycles. The summed E-state index contributed by atoms with van der Waals surface area (Å²) in [6.07, 6.45) is 1.72. The van der Waals surface area contributed by atoms with Gasteiger partial charge in [0.2, 0.25) is 17.7 Å². The van der Waals surface area contributed by atoms with Crippen LogP contribution in [0.2, 0.25) is 0 Å². The molecule has 16 nitrogen and oxygen atoms in total. The lowest BCUT2D eigenvalue weighted by Crippen LogP contribution is -2.59. The normalized spacial score (nSPS) is 15.0. The maximum Gasteiger partial charge on any atom is 0.302 e. The fourth-order valence-corrected chi connectivity index (χ4v) is 5.04. The zero-order chi connectivity index (χ0) is 34.4. The number of amides is 5. The topological polar surface area (TPSA) is 238 Å². The predicted octanol–water partition coefficient (Wildman–Crippen LogP) is -0.405. The smallest absolute Gasteiger partial charge is 0.302 e. The number of hydrogen-bond acceptors (Lipinski definition) is 11. The highest BCUT2D eigenvalue weighted by Crippen LogP contribution is 2.12. The molecule has 46 heavy (non-hydrogen) atoms. The van der Waals surface area contributed by atoms with Crippen molar-refractivity contribution in [3.8, 4) is 0 Å². The summed E-state index contributed by atoms with van der Waals surface area (Å²) in [7, 11) is -4.67. The third-order valence-electron chi connectivity index (χ3n) is 6.71. The minimum Gasteiger partial charge on any atom is -0.461 e. The van der Waals surface area contributed by atoms with E-state index in [1.54, 1.807) is 38.1 Å². The van der Waals surface area contributed by atoms with Crippen LogP contribution in [0, 0.1) is 5.92 Å². The Balaban J connectivity index is 1.87. The molecule has 1 heterocycles. The van der Waals surface area contributed by atoms with E-state index >= 15 is 0 Å². The second-order valence-corrected chi connectivity index (χ2v) is 12.5. The van der Waals surface area contributed by atoms with Crippen LogP contribution in [0.15, 0.2) is 36.4 Å². The van der Waals surface area contributed by atoms with Gasteiger partial charge < -0.3 is 25.8 Å². The highest BCUT2D eigenvalue weighted by atomic mass is 32.2. The number of hydrogen-bond donors (Lipinski definition) is 6.